The van der Waals surface area contributed by atoms with Crippen molar-refractivity contribution in [1.82, 2.24) is 4.90 Å². The second-order valence-electron chi connectivity index (χ2n) is 4.84. The number of benzene rings is 1. The predicted octanol–water partition coefficient (Wildman–Crippen LogP) is 2.31. The number of amides is 1. The maximum Gasteiger partial charge on any atom is 0.335 e. The van der Waals surface area contributed by atoms with E-state index >= 15 is 0 Å². The van der Waals surface area contributed by atoms with Gasteiger partial charge in [0.25, 0.3) is 0 Å². The summed E-state index contributed by atoms with van der Waals surface area (Å²) in [6, 6.07) is 6.63. The molecule has 4 heteroatoms. The van der Waals surface area contributed by atoms with Crippen molar-refractivity contribution in [3.05, 3.63) is 47.5 Å². The van der Waals surface area contributed by atoms with Gasteiger partial charge in [-0.25, -0.2) is 4.79 Å². The highest BCUT2D eigenvalue weighted by Gasteiger charge is 2.22. The average molecular weight is 259 g/mol. The van der Waals surface area contributed by atoms with Crippen molar-refractivity contribution in [3.63, 3.8) is 0 Å². The highest BCUT2D eigenvalue weighted by molar-refractivity contribution is 5.87. The molecule has 2 rings (SSSR count). The Hall–Kier alpha value is -2.10. The Morgan fingerprint density at radius 1 is 1.21 bits per heavy atom. The van der Waals surface area contributed by atoms with E-state index in [4.69, 9.17) is 5.11 Å². The number of hydrogen-bond acceptors (Lipinski definition) is 2. The summed E-state index contributed by atoms with van der Waals surface area (Å²) in [5, 5.41) is 8.82. The van der Waals surface area contributed by atoms with Crippen LogP contribution in [0.25, 0.3) is 0 Å². The van der Waals surface area contributed by atoms with E-state index < -0.39 is 5.97 Å². The standard InChI is InChI=1S/C15H17NO3/c1-16(14(17)12-4-2-3-5-12)10-11-6-8-13(9-7-11)15(18)19/h2-3,6-9,12H,4-5,10H2,1H3,(H,18,19). The maximum absolute atomic E-state index is 12.1. The SMILES string of the molecule is CN(Cc1ccc(C(=O)O)cc1)C(=O)C1CC=CC1. The van der Waals surface area contributed by atoms with Crippen molar-refractivity contribution < 1.29 is 14.7 Å². The summed E-state index contributed by atoms with van der Waals surface area (Å²) < 4.78 is 0. The lowest BCUT2D eigenvalue weighted by Gasteiger charge is -2.21. The summed E-state index contributed by atoms with van der Waals surface area (Å²) in [5.41, 5.74) is 1.20. The Morgan fingerprint density at radius 3 is 2.32 bits per heavy atom. The number of hydrogen-bond donors (Lipinski definition) is 1. The zero-order valence-electron chi connectivity index (χ0n) is 10.9. The molecule has 0 heterocycles. The van der Waals surface area contributed by atoms with Gasteiger partial charge in [-0.2, -0.15) is 0 Å². The number of nitrogens with zero attached hydrogens (tertiary/aromatic N) is 1. The lowest BCUT2D eigenvalue weighted by atomic mass is 10.1. The molecule has 1 aliphatic carbocycles. The zero-order valence-corrected chi connectivity index (χ0v) is 10.9. The summed E-state index contributed by atoms with van der Waals surface area (Å²) in [5.74, 6) is -0.719. The molecule has 0 unspecified atom stereocenters. The minimum Gasteiger partial charge on any atom is -0.478 e. The third kappa shape index (κ3) is 3.22. The van der Waals surface area contributed by atoms with E-state index in [0.29, 0.717) is 6.54 Å². The molecular formula is C15H17NO3. The molecule has 100 valence electrons. The normalized spacial score (nSPS) is 14.6. The van der Waals surface area contributed by atoms with Crippen LogP contribution in [0.2, 0.25) is 0 Å². The van der Waals surface area contributed by atoms with Crippen molar-refractivity contribution >= 4 is 11.9 Å². The molecule has 0 saturated heterocycles. The van der Waals surface area contributed by atoms with Gasteiger partial charge >= 0.3 is 5.97 Å². The number of allylic oxidation sites excluding steroid dienone is 2. The van der Waals surface area contributed by atoms with Crippen LogP contribution in [0.15, 0.2) is 36.4 Å². The van der Waals surface area contributed by atoms with Crippen LogP contribution in [0.5, 0.6) is 0 Å². The van der Waals surface area contributed by atoms with Crippen LogP contribution in [-0.2, 0) is 11.3 Å². The molecule has 0 saturated carbocycles. The highest BCUT2D eigenvalue weighted by atomic mass is 16.4. The van der Waals surface area contributed by atoms with Crippen LogP contribution in [0, 0.1) is 5.92 Å². The molecule has 19 heavy (non-hydrogen) atoms. The number of rotatable bonds is 4. The molecule has 1 aromatic rings. The van der Waals surface area contributed by atoms with Gasteiger partial charge in [0.1, 0.15) is 0 Å². The zero-order chi connectivity index (χ0) is 13.8. The predicted molar refractivity (Wildman–Crippen MR) is 71.7 cm³/mol. The number of carbonyl (C=O) groups excluding carboxylic acids is 1. The molecule has 1 N–H and O–H groups in total. The van der Waals surface area contributed by atoms with Crippen LogP contribution in [0.1, 0.15) is 28.8 Å². The minimum atomic E-state index is -0.937. The molecule has 1 aromatic carbocycles. The molecule has 0 radical (unpaired) electrons. The first kappa shape index (κ1) is 13.3. The fourth-order valence-electron chi connectivity index (χ4n) is 2.24. The Bertz CT molecular complexity index is 497. The van der Waals surface area contributed by atoms with Gasteiger partial charge in [-0.3, -0.25) is 4.79 Å². The first-order valence-corrected chi connectivity index (χ1v) is 6.30. The third-order valence-electron chi connectivity index (χ3n) is 3.35. The van der Waals surface area contributed by atoms with Crippen LogP contribution >= 0.6 is 0 Å². The van der Waals surface area contributed by atoms with Gasteiger partial charge in [-0.05, 0) is 30.5 Å². The van der Waals surface area contributed by atoms with E-state index in [2.05, 4.69) is 0 Å². The van der Waals surface area contributed by atoms with E-state index in [0.717, 1.165) is 18.4 Å². The van der Waals surface area contributed by atoms with Gasteiger partial charge < -0.3 is 10.0 Å². The van der Waals surface area contributed by atoms with Gasteiger partial charge in [0, 0.05) is 19.5 Å². The molecule has 0 fully saturated rings. The fourth-order valence-corrected chi connectivity index (χ4v) is 2.24. The van der Waals surface area contributed by atoms with Crippen LogP contribution in [0.3, 0.4) is 0 Å². The average Bonchev–Trinajstić information content (AvgIpc) is 2.92. The lowest BCUT2D eigenvalue weighted by Crippen LogP contribution is -2.31. The number of aromatic carboxylic acids is 1. The topological polar surface area (TPSA) is 57.6 Å². The first-order valence-electron chi connectivity index (χ1n) is 6.30. The summed E-state index contributed by atoms with van der Waals surface area (Å²) in [6.07, 6.45) is 5.72. The molecule has 0 aromatic heterocycles. The van der Waals surface area contributed by atoms with Crippen molar-refractivity contribution in [2.75, 3.05) is 7.05 Å². The summed E-state index contributed by atoms with van der Waals surface area (Å²) in [6.45, 7) is 0.509. The van der Waals surface area contributed by atoms with Gasteiger partial charge in [0.2, 0.25) is 5.91 Å². The molecule has 0 atom stereocenters. The number of carboxylic acids is 1. The lowest BCUT2D eigenvalue weighted by molar-refractivity contribution is -0.134. The van der Waals surface area contributed by atoms with Crippen LogP contribution in [-0.4, -0.2) is 28.9 Å². The van der Waals surface area contributed by atoms with Crippen LogP contribution in [0.4, 0.5) is 0 Å². The van der Waals surface area contributed by atoms with Gasteiger partial charge in [0.05, 0.1) is 5.56 Å². The van der Waals surface area contributed by atoms with Crippen molar-refractivity contribution in [1.29, 1.82) is 0 Å². The largest absolute Gasteiger partial charge is 0.478 e. The summed E-state index contributed by atoms with van der Waals surface area (Å²) in [7, 11) is 1.78. The molecule has 0 aliphatic heterocycles. The number of carboxylic acid groups (broad SMARTS) is 1. The second kappa shape index (κ2) is 5.69. The Kier molecular flexibility index (Phi) is 4.00. The van der Waals surface area contributed by atoms with Gasteiger partial charge in [-0.1, -0.05) is 24.3 Å². The van der Waals surface area contributed by atoms with E-state index in [1.807, 2.05) is 12.2 Å². The highest BCUT2D eigenvalue weighted by Crippen LogP contribution is 2.20. The van der Waals surface area contributed by atoms with Crippen molar-refractivity contribution in [2.24, 2.45) is 5.92 Å². The number of carbonyl (C=O) groups is 2. The summed E-state index contributed by atoms with van der Waals surface area (Å²) in [4.78, 5) is 24.6. The molecule has 0 bridgehead atoms. The van der Waals surface area contributed by atoms with Gasteiger partial charge in [0.15, 0.2) is 0 Å². The minimum absolute atomic E-state index is 0.0725. The van der Waals surface area contributed by atoms with E-state index in [1.165, 1.54) is 0 Å². The third-order valence-corrected chi connectivity index (χ3v) is 3.35. The first-order chi connectivity index (χ1) is 9.08. The van der Waals surface area contributed by atoms with E-state index in [9.17, 15) is 9.59 Å². The smallest absolute Gasteiger partial charge is 0.335 e. The Morgan fingerprint density at radius 2 is 1.79 bits per heavy atom. The Labute approximate surface area is 112 Å². The maximum atomic E-state index is 12.1. The van der Waals surface area contributed by atoms with Gasteiger partial charge in [-0.15, -0.1) is 0 Å². The molecule has 1 aliphatic rings. The second-order valence-corrected chi connectivity index (χ2v) is 4.84. The quantitative estimate of drug-likeness (QED) is 0.844. The van der Waals surface area contributed by atoms with Crippen LogP contribution < -0.4 is 0 Å². The molecule has 1 amide bonds. The molecule has 0 spiro atoms. The monoisotopic (exact) mass is 259 g/mol. The fraction of sp³-hybridized carbons (Fsp3) is 0.333. The van der Waals surface area contributed by atoms with E-state index in [1.54, 1.807) is 36.2 Å². The summed E-state index contributed by atoms with van der Waals surface area (Å²) >= 11 is 0. The molecule has 4 nitrogen and oxygen atoms in total. The molecular weight excluding hydrogens is 242 g/mol. The van der Waals surface area contributed by atoms with E-state index in [-0.39, 0.29) is 17.4 Å². The van der Waals surface area contributed by atoms with Crippen molar-refractivity contribution in [3.8, 4) is 0 Å². The van der Waals surface area contributed by atoms with Crippen molar-refractivity contribution in [2.45, 2.75) is 19.4 Å². The Balaban J connectivity index is 1.96.